The van der Waals surface area contributed by atoms with Crippen LogP contribution in [0.25, 0.3) is 11.4 Å². The van der Waals surface area contributed by atoms with Crippen LogP contribution in [0.5, 0.6) is 0 Å². The van der Waals surface area contributed by atoms with Crippen LogP contribution in [-0.4, -0.2) is 32.5 Å². The third-order valence-electron chi connectivity index (χ3n) is 4.35. The smallest absolute Gasteiger partial charge is 0.227 e. The molecule has 1 saturated heterocycles. The molecule has 4 heterocycles. The van der Waals surface area contributed by atoms with Crippen molar-refractivity contribution in [1.82, 2.24) is 20.0 Å². The molecule has 1 unspecified atom stereocenters. The molecule has 0 aliphatic carbocycles. The highest BCUT2D eigenvalue weighted by Gasteiger charge is 2.30. The van der Waals surface area contributed by atoms with Crippen molar-refractivity contribution in [2.75, 3.05) is 6.54 Å². The lowest BCUT2D eigenvalue weighted by molar-refractivity contribution is -0.132. The zero-order valence-electron chi connectivity index (χ0n) is 13.1. The van der Waals surface area contributed by atoms with Gasteiger partial charge in [-0.1, -0.05) is 5.16 Å². The van der Waals surface area contributed by atoms with Gasteiger partial charge in [-0.3, -0.25) is 4.79 Å². The fraction of sp³-hybridized carbons (Fsp3) is 0.353. The molecule has 1 aliphatic rings. The predicted octanol–water partition coefficient (Wildman–Crippen LogP) is 3.42. The Labute approximate surface area is 143 Å². The van der Waals surface area contributed by atoms with E-state index in [0.29, 0.717) is 24.6 Å². The van der Waals surface area contributed by atoms with Crippen molar-refractivity contribution in [2.45, 2.75) is 31.7 Å². The fourth-order valence-corrected chi connectivity index (χ4v) is 3.80. The van der Waals surface area contributed by atoms with E-state index in [9.17, 15) is 4.79 Å². The number of hydrogen-bond donors (Lipinski definition) is 1. The van der Waals surface area contributed by atoms with Gasteiger partial charge in [0.05, 0.1) is 6.04 Å². The van der Waals surface area contributed by atoms with Crippen LogP contribution in [0.1, 0.15) is 36.9 Å². The maximum absolute atomic E-state index is 12.6. The first kappa shape index (κ1) is 15.1. The highest BCUT2D eigenvalue weighted by molar-refractivity contribution is 7.08. The van der Waals surface area contributed by atoms with Gasteiger partial charge < -0.3 is 14.4 Å². The molecule has 0 bridgehead atoms. The molecule has 6 nitrogen and oxygen atoms in total. The van der Waals surface area contributed by atoms with E-state index < -0.39 is 0 Å². The summed E-state index contributed by atoms with van der Waals surface area (Å²) in [4.78, 5) is 22.1. The lowest BCUT2D eigenvalue weighted by Gasteiger charge is -2.23. The second-order valence-electron chi connectivity index (χ2n) is 5.89. The third kappa shape index (κ3) is 2.99. The van der Waals surface area contributed by atoms with Crippen molar-refractivity contribution in [3.63, 3.8) is 0 Å². The van der Waals surface area contributed by atoms with Crippen molar-refractivity contribution in [3.8, 4) is 11.4 Å². The topological polar surface area (TPSA) is 75.0 Å². The molecule has 0 aromatic carbocycles. The third-order valence-corrected chi connectivity index (χ3v) is 5.04. The van der Waals surface area contributed by atoms with Crippen LogP contribution in [0, 0.1) is 0 Å². The maximum Gasteiger partial charge on any atom is 0.227 e. The largest absolute Gasteiger partial charge is 0.363 e. The molecule has 0 spiro atoms. The Morgan fingerprint density at radius 3 is 3.21 bits per heavy atom. The molecule has 1 atom stereocenters. The fourth-order valence-electron chi connectivity index (χ4n) is 3.16. The van der Waals surface area contributed by atoms with Crippen molar-refractivity contribution >= 4 is 17.2 Å². The van der Waals surface area contributed by atoms with Crippen molar-refractivity contribution in [1.29, 1.82) is 0 Å². The van der Waals surface area contributed by atoms with Crippen LogP contribution in [0.15, 0.2) is 39.7 Å². The molecule has 3 aromatic rings. The molecule has 3 aromatic heterocycles. The number of nitrogens with zero attached hydrogens (tertiary/aromatic N) is 3. The number of rotatable bonds is 5. The number of aryl methyl sites for hydroxylation is 1. The molecule has 1 aliphatic heterocycles. The second kappa shape index (κ2) is 6.60. The van der Waals surface area contributed by atoms with E-state index in [1.54, 1.807) is 11.3 Å². The summed E-state index contributed by atoms with van der Waals surface area (Å²) in [5.41, 5.74) is 2.06. The quantitative estimate of drug-likeness (QED) is 0.771. The summed E-state index contributed by atoms with van der Waals surface area (Å²) in [5, 5.41) is 7.93. The number of likely N-dealkylation sites (tertiary alicyclic amines) is 1. The zero-order valence-corrected chi connectivity index (χ0v) is 14.0. The van der Waals surface area contributed by atoms with Gasteiger partial charge in [0.2, 0.25) is 17.6 Å². The van der Waals surface area contributed by atoms with Crippen LogP contribution < -0.4 is 0 Å². The van der Waals surface area contributed by atoms with Gasteiger partial charge in [-0.15, -0.1) is 0 Å². The molecule has 124 valence electrons. The average molecular weight is 342 g/mol. The maximum atomic E-state index is 12.6. The van der Waals surface area contributed by atoms with Gasteiger partial charge in [0, 0.05) is 42.2 Å². The molecular weight excluding hydrogens is 324 g/mol. The van der Waals surface area contributed by atoms with Crippen LogP contribution in [-0.2, 0) is 11.2 Å². The minimum Gasteiger partial charge on any atom is -0.363 e. The summed E-state index contributed by atoms with van der Waals surface area (Å²) in [7, 11) is 0. The molecule has 1 fully saturated rings. The van der Waals surface area contributed by atoms with Gasteiger partial charge in [0.1, 0.15) is 0 Å². The van der Waals surface area contributed by atoms with Crippen LogP contribution in [0.4, 0.5) is 0 Å². The summed E-state index contributed by atoms with van der Waals surface area (Å²) in [6, 6.07) is 6.13. The Morgan fingerprint density at radius 2 is 2.42 bits per heavy atom. The summed E-state index contributed by atoms with van der Waals surface area (Å²) in [6.07, 6.45) is 4.82. The zero-order chi connectivity index (χ0) is 16.4. The van der Waals surface area contributed by atoms with Gasteiger partial charge in [0.15, 0.2) is 0 Å². The van der Waals surface area contributed by atoms with E-state index in [1.165, 1.54) is 0 Å². The number of carbonyl (C=O) groups is 1. The Morgan fingerprint density at radius 1 is 1.46 bits per heavy atom. The highest BCUT2D eigenvalue weighted by atomic mass is 32.1. The van der Waals surface area contributed by atoms with Gasteiger partial charge in [-0.2, -0.15) is 16.3 Å². The lowest BCUT2D eigenvalue weighted by atomic mass is 10.1. The first-order valence-electron chi connectivity index (χ1n) is 8.09. The molecule has 24 heavy (non-hydrogen) atoms. The van der Waals surface area contributed by atoms with E-state index in [4.69, 9.17) is 4.52 Å². The number of nitrogens with one attached hydrogen (secondary N) is 1. The molecular formula is C17H18N4O2S. The number of carbonyl (C=O) groups excluding carboxylic acids is 1. The summed E-state index contributed by atoms with van der Waals surface area (Å²) < 4.78 is 5.27. The van der Waals surface area contributed by atoms with Crippen LogP contribution in [0.2, 0.25) is 0 Å². The van der Waals surface area contributed by atoms with E-state index in [1.807, 2.05) is 40.1 Å². The molecule has 0 radical (unpaired) electrons. The van der Waals surface area contributed by atoms with Crippen molar-refractivity contribution < 1.29 is 9.32 Å². The molecule has 4 rings (SSSR count). The summed E-state index contributed by atoms with van der Waals surface area (Å²) >= 11 is 1.59. The Bertz CT molecular complexity index is 795. The van der Waals surface area contributed by atoms with Gasteiger partial charge in [-0.05, 0) is 36.4 Å². The van der Waals surface area contributed by atoms with Gasteiger partial charge >= 0.3 is 0 Å². The number of thiophene rings is 1. The lowest BCUT2D eigenvalue weighted by Crippen LogP contribution is -2.30. The van der Waals surface area contributed by atoms with Gasteiger partial charge in [-0.25, -0.2) is 0 Å². The molecule has 7 heteroatoms. The highest BCUT2D eigenvalue weighted by Crippen LogP contribution is 2.31. The van der Waals surface area contributed by atoms with Crippen LogP contribution in [0.3, 0.4) is 0 Å². The first-order valence-corrected chi connectivity index (χ1v) is 9.03. The molecule has 1 N–H and O–H groups in total. The van der Waals surface area contributed by atoms with Crippen molar-refractivity contribution in [2.24, 2.45) is 0 Å². The minimum atomic E-state index is 0.141. The average Bonchev–Trinajstić information content (AvgIpc) is 3.40. The summed E-state index contributed by atoms with van der Waals surface area (Å²) in [5.74, 6) is 1.24. The molecule has 0 saturated carbocycles. The van der Waals surface area contributed by atoms with Crippen LogP contribution >= 0.6 is 11.3 Å². The number of aromatic amines is 1. The number of hydrogen-bond acceptors (Lipinski definition) is 5. The van der Waals surface area contributed by atoms with E-state index >= 15 is 0 Å². The number of aromatic nitrogens is 3. The second-order valence-corrected chi connectivity index (χ2v) is 6.67. The number of amides is 1. The van der Waals surface area contributed by atoms with Gasteiger partial charge in [0.25, 0.3) is 0 Å². The van der Waals surface area contributed by atoms with E-state index in [2.05, 4.69) is 15.1 Å². The minimum absolute atomic E-state index is 0.141. The first-order chi connectivity index (χ1) is 11.8. The van der Waals surface area contributed by atoms with E-state index in [0.717, 1.165) is 30.6 Å². The normalized spacial score (nSPS) is 17.5. The Kier molecular flexibility index (Phi) is 4.17. The SMILES string of the molecule is O=C(CCc1nc(-c2ccsc2)no1)N1CCCC1c1ccc[nH]1. The standard InChI is InChI=1S/C17H18N4O2S/c22-16(21-9-2-4-14(21)13-3-1-8-18-13)6-5-15-19-17(20-23-15)12-7-10-24-11-12/h1,3,7-8,10-11,14,18H,2,4-6,9H2. The Balaban J connectivity index is 1.38. The Hall–Kier alpha value is -2.41. The van der Waals surface area contributed by atoms with E-state index in [-0.39, 0.29) is 11.9 Å². The van der Waals surface area contributed by atoms with Crippen molar-refractivity contribution in [3.05, 3.63) is 46.7 Å². The predicted molar refractivity (Wildman–Crippen MR) is 90.4 cm³/mol. The molecule has 1 amide bonds. The summed E-state index contributed by atoms with van der Waals surface area (Å²) in [6.45, 7) is 0.812. The monoisotopic (exact) mass is 342 g/mol. The number of H-pyrrole nitrogens is 1.